The zero-order valence-electron chi connectivity index (χ0n) is 7.88. The van der Waals surface area contributed by atoms with Crippen LogP contribution in [0.25, 0.3) is 0 Å². The van der Waals surface area contributed by atoms with Gasteiger partial charge in [0.2, 0.25) is 0 Å². The van der Waals surface area contributed by atoms with Crippen LogP contribution in [-0.2, 0) is 9.63 Å². The molecule has 0 unspecified atom stereocenters. The minimum absolute atomic E-state index is 0.372. The van der Waals surface area contributed by atoms with Gasteiger partial charge in [0, 0.05) is 12.1 Å². The molecule has 0 aromatic rings. The van der Waals surface area contributed by atoms with Gasteiger partial charge in [-0.3, -0.25) is 0 Å². The average Bonchev–Trinajstić information content (AvgIpc) is 2.14. The van der Waals surface area contributed by atoms with Crippen LogP contribution >= 0.6 is 0 Å². The number of carbonyl (C=O) groups is 1. The normalized spacial score (nSPS) is 10.7. The van der Waals surface area contributed by atoms with Crippen molar-refractivity contribution in [3.05, 3.63) is 37.0 Å². The lowest BCUT2D eigenvalue weighted by Crippen LogP contribution is -2.20. The van der Waals surface area contributed by atoms with Crippen LogP contribution in [0, 0.1) is 0 Å². The van der Waals surface area contributed by atoms with Gasteiger partial charge in [-0.25, -0.2) is 4.79 Å². The highest BCUT2D eigenvalue weighted by Gasteiger charge is 2.03. The fraction of sp³-hybridized carbons (Fsp3) is 0.300. The molecule has 0 saturated carbocycles. The number of hydrogen-bond donors (Lipinski definition) is 1. The van der Waals surface area contributed by atoms with Crippen LogP contribution in [0.4, 0.5) is 0 Å². The number of nitrogens with one attached hydrogen (secondary N) is 1. The molecule has 3 nitrogen and oxygen atoms in total. The average molecular weight is 181 g/mol. The number of hydroxylamine groups is 1. The Kier molecular flexibility index (Phi) is 6.55. The van der Waals surface area contributed by atoms with Crippen LogP contribution in [0.2, 0.25) is 0 Å². The minimum Gasteiger partial charge on any atom is -0.367 e. The van der Waals surface area contributed by atoms with Crippen molar-refractivity contribution in [2.45, 2.75) is 13.3 Å². The standard InChI is InChI=1S/C10H15NO2/c1-4-6-7-9(3)10(12)13-11-8-5-2/h4-5,7,11H,1-2,6,8H2,3H3. The largest absolute Gasteiger partial charge is 0.367 e. The molecule has 1 N–H and O–H groups in total. The molecule has 0 aromatic heterocycles. The van der Waals surface area contributed by atoms with Crippen molar-refractivity contribution in [2.75, 3.05) is 6.54 Å². The highest BCUT2D eigenvalue weighted by molar-refractivity contribution is 5.87. The Labute approximate surface area is 78.7 Å². The fourth-order valence-electron chi connectivity index (χ4n) is 0.590. The van der Waals surface area contributed by atoms with Crippen molar-refractivity contribution < 1.29 is 9.63 Å². The summed E-state index contributed by atoms with van der Waals surface area (Å²) in [5, 5.41) is 0. The van der Waals surface area contributed by atoms with Crippen LogP contribution in [0.1, 0.15) is 13.3 Å². The Hall–Kier alpha value is -1.35. The van der Waals surface area contributed by atoms with E-state index in [1.807, 2.05) is 0 Å². The molecule has 0 saturated heterocycles. The van der Waals surface area contributed by atoms with Gasteiger partial charge in [-0.1, -0.05) is 18.2 Å². The summed E-state index contributed by atoms with van der Waals surface area (Å²) in [6.45, 7) is 9.15. The van der Waals surface area contributed by atoms with Gasteiger partial charge >= 0.3 is 5.97 Å². The van der Waals surface area contributed by atoms with E-state index in [0.29, 0.717) is 18.5 Å². The second kappa shape index (κ2) is 7.31. The summed E-state index contributed by atoms with van der Waals surface area (Å²) in [5.41, 5.74) is 3.02. The van der Waals surface area contributed by atoms with E-state index >= 15 is 0 Å². The van der Waals surface area contributed by atoms with Crippen LogP contribution in [0.15, 0.2) is 37.0 Å². The van der Waals surface area contributed by atoms with Crippen LogP contribution in [0.3, 0.4) is 0 Å². The molecule has 0 fully saturated rings. The zero-order valence-corrected chi connectivity index (χ0v) is 7.88. The van der Waals surface area contributed by atoms with Gasteiger partial charge < -0.3 is 4.84 Å². The minimum atomic E-state index is -0.372. The molecule has 0 atom stereocenters. The van der Waals surface area contributed by atoms with Crippen molar-refractivity contribution in [3.8, 4) is 0 Å². The molecular formula is C10H15NO2. The maximum Gasteiger partial charge on any atom is 0.352 e. The molecule has 0 rings (SSSR count). The van der Waals surface area contributed by atoms with Crippen molar-refractivity contribution in [3.63, 3.8) is 0 Å². The third-order valence-electron chi connectivity index (χ3n) is 1.31. The van der Waals surface area contributed by atoms with Crippen molar-refractivity contribution in [2.24, 2.45) is 0 Å². The Balaban J connectivity index is 3.81. The summed E-state index contributed by atoms with van der Waals surface area (Å²) in [7, 11) is 0. The first-order valence-corrected chi connectivity index (χ1v) is 4.05. The molecule has 13 heavy (non-hydrogen) atoms. The molecule has 0 radical (unpaired) electrons. The first-order valence-electron chi connectivity index (χ1n) is 4.05. The summed E-state index contributed by atoms with van der Waals surface area (Å²) in [5.74, 6) is -0.372. The van der Waals surface area contributed by atoms with Gasteiger partial charge in [0.15, 0.2) is 0 Å². The Morgan fingerprint density at radius 2 is 2.15 bits per heavy atom. The van der Waals surface area contributed by atoms with E-state index < -0.39 is 0 Å². The number of carbonyl (C=O) groups excluding carboxylic acids is 1. The summed E-state index contributed by atoms with van der Waals surface area (Å²) >= 11 is 0. The van der Waals surface area contributed by atoms with E-state index in [0.717, 1.165) is 0 Å². The second-order valence-electron chi connectivity index (χ2n) is 2.44. The molecule has 0 aliphatic rings. The van der Waals surface area contributed by atoms with E-state index in [9.17, 15) is 4.79 Å². The molecule has 0 amide bonds. The maximum absolute atomic E-state index is 11.1. The predicted molar refractivity (Wildman–Crippen MR) is 52.9 cm³/mol. The predicted octanol–water partition coefficient (Wildman–Crippen LogP) is 1.74. The zero-order chi connectivity index (χ0) is 10.1. The molecule has 3 heteroatoms. The quantitative estimate of drug-likeness (QED) is 0.293. The smallest absolute Gasteiger partial charge is 0.352 e. The number of hydrogen-bond acceptors (Lipinski definition) is 3. The fourth-order valence-corrected chi connectivity index (χ4v) is 0.590. The third-order valence-corrected chi connectivity index (χ3v) is 1.31. The Morgan fingerprint density at radius 1 is 1.46 bits per heavy atom. The van der Waals surface area contributed by atoms with Crippen LogP contribution in [-0.4, -0.2) is 12.5 Å². The first-order chi connectivity index (χ1) is 6.22. The van der Waals surface area contributed by atoms with E-state index in [2.05, 4.69) is 23.5 Å². The van der Waals surface area contributed by atoms with Crippen LogP contribution < -0.4 is 5.48 Å². The van der Waals surface area contributed by atoms with Gasteiger partial charge in [-0.2, -0.15) is 0 Å². The highest BCUT2D eigenvalue weighted by atomic mass is 16.7. The summed E-state index contributed by atoms with van der Waals surface area (Å²) < 4.78 is 0. The summed E-state index contributed by atoms with van der Waals surface area (Å²) in [6, 6.07) is 0. The lowest BCUT2D eigenvalue weighted by Gasteiger charge is -2.02. The van der Waals surface area contributed by atoms with Gasteiger partial charge in [0.25, 0.3) is 0 Å². The molecule has 0 bridgehead atoms. The monoisotopic (exact) mass is 181 g/mol. The molecular weight excluding hydrogens is 166 g/mol. The van der Waals surface area contributed by atoms with E-state index in [1.54, 1.807) is 25.2 Å². The maximum atomic E-state index is 11.1. The lowest BCUT2D eigenvalue weighted by atomic mass is 10.2. The molecule has 72 valence electrons. The van der Waals surface area contributed by atoms with Crippen molar-refractivity contribution >= 4 is 5.97 Å². The number of allylic oxidation sites excluding steroid dienone is 2. The van der Waals surface area contributed by atoms with E-state index in [4.69, 9.17) is 0 Å². The lowest BCUT2D eigenvalue weighted by molar-refractivity contribution is -0.145. The van der Waals surface area contributed by atoms with Crippen molar-refractivity contribution in [1.29, 1.82) is 0 Å². The van der Waals surface area contributed by atoms with Crippen LogP contribution in [0.5, 0.6) is 0 Å². The highest BCUT2D eigenvalue weighted by Crippen LogP contribution is 1.97. The Morgan fingerprint density at radius 3 is 2.69 bits per heavy atom. The second-order valence-corrected chi connectivity index (χ2v) is 2.44. The van der Waals surface area contributed by atoms with Gasteiger partial charge in [-0.15, -0.1) is 18.6 Å². The molecule has 0 aliphatic carbocycles. The van der Waals surface area contributed by atoms with Gasteiger partial charge in [-0.05, 0) is 13.3 Å². The first kappa shape index (κ1) is 11.6. The summed E-state index contributed by atoms with van der Waals surface area (Å²) in [6.07, 6.45) is 5.75. The SMILES string of the molecule is C=CCC=C(C)C(=O)ONCC=C. The van der Waals surface area contributed by atoms with E-state index in [1.165, 1.54) is 0 Å². The molecule has 0 heterocycles. The van der Waals surface area contributed by atoms with Crippen molar-refractivity contribution in [1.82, 2.24) is 5.48 Å². The topological polar surface area (TPSA) is 38.3 Å². The Bertz CT molecular complexity index is 219. The van der Waals surface area contributed by atoms with Gasteiger partial charge in [0.1, 0.15) is 0 Å². The van der Waals surface area contributed by atoms with E-state index in [-0.39, 0.29) is 5.97 Å². The molecule has 0 aromatic carbocycles. The van der Waals surface area contributed by atoms with Gasteiger partial charge in [0.05, 0.1) is 0 Å². The summed E-state index contributed by atoms with van der Waals surface area (Å²) in [4.78, 5) is 15.8. The third kappa shape index (κ3) is 5.87. The molecule has 0 aliphatic heterocycles. The number of rotatable bonds is 6. The molecule has 0 spiro atoms.